The summed E-state index contributed by atoms with van der Waals surface area (Å²) in [5.41, 5.74) is 3.12. The maximum atomic E-state index is 11.2. The Hall–Kier alpha value is -1.51. The molecule has 0 spiro atoms. The lowest BCUT2D eigenvalue weighted by atomic mass is 9.87. The van der Waals surface area contributed by atoms with Crippen LogP contribution in [0, 0.1) is 6.92 Å². The van der Waals surface area contributed by atoms with Gasteiger partial charge in [-0.3, -0.25) is 4.79 Å². The molecule has 0 saturated carbocycles. The van der Waals surface area contributed by atoms with Gasteiger partial charge < -0.3 is 10.0 Å². The van der Waals surface area contributed by atoms with E-state index in [0.29, 0.717) is 6.42 Å². The second-order valence-electron chi connectivity index (χ2n) is 4.11. The molecule has 2 rings (SSSR count). The second kappa shape index (κ2) is 3.57. The quantitative estimate of drug-likeness (QED) is 0.762. The van der Waals surface area contributed by atoms with Crippen LogP contribution in [-0.2, 0) is 4.79 Å². The van der Waals surface area contributed by atoms with Crippen LogP contribution in [0.4, 0.5) is 5.69 Å². The molecule has 1 heterocycles. The van der Waals surface area contributed by atoms with Crippen molar-refractivity contribution in [3.8, 4) is 0 Å². The average molecular weight is 205 g/mol. The minimum absolute atomic E-state index is 0.336. The van der Waals surface area contributed by atoms with E-state index in [2.05, 4.69) is 4.90 Å². The molecule has 0 aromatic heterocycles. The molecule has 0 bridgehead atoms. The fourth-order valence-electron chi connectivity index (χ4n) is 2.29. The first-order valence-corrected chi connectivity index (χ1v) is 5.14. The molecule has 0 amide bonds. The van der Waals surface area contributed by atoms with Crippen molar-refractivity contribution in [1.82, 2.24) is 0 Å². The van der Waals surface area contributed by atoms with Crippen molar-refractivity contribution in [2.45, 2.75) is 19.3 Å². The minimum atomic E-state index is -0.710. The zero-order valence-electron chi connectivity index (χ0n) is 9.03. The lowest BCUT2D eigenvalue weighted by Gasteiger charge is -2.32. The van der Waals surface area contributed by atoms with Crippen molar-refractivity contribution in [3.05, 3.63) is 29.3 Å². The van der Waals surface area contributed by atoms with Gasteiger partial charge in [-0.05, 0) is 30.5 Å². The third kappa shape index (κ3) is 1.58. The zero-order chi connectivity index (χ0) is 11.0. The predicted octanol–water partition coefficient (Wildman–Crippen LogP) is 2.00. The van der Waals surface area contributed by atoms with E-state index in [1.807, 2.05) is 32.2 Å². The summed E-state index contributed by atoms with van der Waals surface area (Å²) in [6.45, 7) is 2.79. The number of carbonyl (C=O) groups is 1. The molecule has 1 aliphatic heterocycles. The zero-order valence-corrected chi connectivity index (χ0v) is 9.03. The molecule has 1 atom stereocenters. The third-order valence-corrected chi connectivity index (χ3v) is 3.11. The van der Waals surface area contributed by atoms with E-state index in [0.717, 1.165) is 23.4 Å². The minimum Gasteiger partial charge on any atom is -0.481 e. The van der Waals surface area contributed by atoms with E-state index < -0.39 is 5.97 Å². The Morgan fingerprint density at radius 3 is 2.93 bits per heavy atom. The molecule has 15 heavy (non-hydrogen) atoms. The van der Waals surface area contributed by atoms with Gasteiger partial charge in [0.25, 0.3) is 0 Å². The fraction of sp³-hybridized carbons (Fsp3) is 0.417. The van der Waals surface area contributed by atoms with Crippen molar-refractivity contribution in [3.63, 3.8) is 0 Å². The largest absolute Gasteiger partial charge is 0.481 e. The Balaban J connectivity index is 2.56. The number of carboxylic acids is 1. The number of hydrogen-bond donors (Lipinski definition) is 1. The number of fused-ring (bicyclic) bond motifs is 1. The van der Waals surface area contributed by atoms with Crippen LogP contribution >= 0.6 is 0 Å². The average Bonchev–Trinajstić information content (AvgIpc) is 2.19. The third-order valence-electron chi connectivity index (χ3n) is 3.11. The summed E-state index contributed by atoms with van der Waals surface area (Å²) in [5, 5.41) is 9.18. The topological polar surface area (TPSA) is 40.5 Å². The van der Waals surface area contributed by atoms with Gasteiger partial charge in [0.15, 0.2) is 0 Å². The number of anilines is 1. The highest BCUT2D eigenvalue weighted by Gasteiger charge is 2.29. The number of rotatable bonds is 1. The van der Waals surface area contributed by atoms with Gasteiger partial charge in [-0.1, -0.05) is 12.1 Å². The number of benzene rings is 1. The monoisotopic (exact) mass is 205 g/mol. The van der Waals surface area contributed by atoms with Gasteiger partial charge in [-0.25, -0.2) is 0 Å². The predicted molar refractivity (Wildman–Crippen MR) is 59.4 cm³/mol. The molecule has 1 aromatic carbocycles. The first kappa shape index (κ1) is 10.0. The first-order chi connectivity index (χ1) is 7.11. The number of aliphatic carboxylic acids is 1. The van der Waals surface area contributed by atoms with Crippen LogP contribution in [0.1, 0.15) is 23.5 Å². The Bertz CT molecular complexity index is 401. The van der Waals surface area contributed by atoms with E-state index in [1.165, 1.54) is 0 Å². The van der Waals surface area contributed by atoms with Crippen molar-refractivity contribution in [2.75, 3.05) is 18.5 Å². The van der Waals surface area contributed by atoms with Crippen LogP contribution in [0.15, 0.2) is 18.2 Å². The van der Waals surface area contributed by atoms with Gasteiger partial charge in [0.2, 0.25) is 0 Å². The molecule has 80 valence electrons. The van der Waals surface area contributed by atoms with Gasteiger partial charge in [-0.2, -0.15) is 0 Å². The summed E-state index contributed by atoms with van der Waals surface area (Å²) >= 11 is 0. The number of hydrogen-bond acceptors (Lipinski definition) is 2. The highest BCUT2D eigenvalue weighted by molar-refractivity contribution is 5.81. The molecule has 1 aliphatic rings. The van der Waals surface area contributed by atoms with Crippen molar-refractivity contribution >= 4 is 11.7 Å². The van der Waals surface area contributed by atoms with E-state index in [4.69, 9.17) is 0 Å². The van der Waals surface area contributed by atoms with Gasteiger partial charge in [0.1, 0.15) is 0 Å². The standard InChI is InChI=1S/C12H15NO2/c1-8-4-3-5-10-11(8)9(12(14)15)6-7-13(10)2/h3-5,9H,6-7H2,1-2H3,(H,14,15). The van der Waals surface area contributed by atoms with Crippen LogP contribution in [0.2, 0.25) is 0 Å². The van der Waals surface area contributed by atoms with Gasteiger partial charge in [-0.15, -0.1) is 0 Å². The lowest BCUT2D eigenvalue weighted by molar-refractivity contribution is -0.139. The molecule has 0 aliphatic carbocycles. The van der Waals surface area contributed by atoms with Crippen LogP contribution < -0.4 is 4.90 Å². The molecule has 1 N–H and O–H groups in total. The van der Waals surface area contributed by atoms with Gasteiger partial charge in [0.05, 0.1) is 5.92 Å². The maximum absolute atomic E-state index is 11.2. The number of aryl methyl sites for hydroxylation is 1. The van der Waals surface area contributed by atoms with Crippen molar-refractivity contribution in [2.24, 2.45) is 0 Å². The molecule has 3 nitrogen and oxygen atoms in total. The van der Waals surface area contributed by atoms with E-state index in [1.54, 1.807) is 0 Å². The molecule has 0 saturated heterocycles. The van der Waals surface area contributed by atoms with E-state index >= 15 is 0 Å². The first-order valence-electron chi connectivity index (χ1n) is 5.14. The van der Waals surface area contributed by atoms with Crippen molar-refractivity contribution < 1.29 is 9.90 Å². The highest BCUT2D eigenvalue weighted by atomic mass is 16.4. The Labute approximate surface area is 89.3 Å². The Morgan fingerprint density at radius 2 is 2.27 bits per heavy atom. The van der Waals surface area contributed by atoms with Gasteiger partial charge in [0, 0.05) is 19.3 Å². The van der Waals surface area contributed by atoms with E-state index in [9.17, 15) is 9.90 Å². The van der Waals surface area contributed by atoms with Crippen LogP contribution in [0.5, 0.6) is 0 Å². The summed E-state index contributed by atoms with van der Waals surface area (Å²) in [4.78, 5) is 13.3. The summed E-state index contributed by atoms with van der Waals surface area (Å²) < 4.78 is 0. The molecule has 1 aromatic rings. The van der Waals surface area contributed by atoms with E-state index in [-0.39, 0.29) is 5.92 Å². The molecule has 0 radical (unpaired) electrons. The lowest BCUT2D eigenvalue weighted by Crippen LogP contribution is -2.30. The summed E-state index contributed by atoms with van der Waals surface area (Å²) in [7, 11) is 2.01. The normalized spacial score (nSPS) is 19.9. The van der Waals surface area contributed by atoms with Crippen LogP contribution in [0.3, 0.4) is 0 Å². The summed E-state index contributed by atoms with van der Waals surface area (Å²) in [6, 6.07) is 5.96. The summed E-state index contributed by atoms with van der Waals surface area (Å²) in [6.07, 6.45) is 0.698. The Morgan fingerprint density at radius 1 is 1.53 bits per heavy atom. The van der Waals surface area contributed by atoms with Crippen molar-refractivity contribution in [1.29, 1.82) is 0 Å². The molecule has 3 heteroatoms. The van der Waals surface area contributed by atoms with Crippen LogP contribution in [-0.4, -0.2) is 24.7 Å². The maximum Gasteiger partial charge on any atom is 0.311 e. The summed E-state index contributed by atoms with van der Waals surface area (Å²) in [5.74, 6) is -1.05. The SMILES string of the molecule is Cc1cccc2c1C(C(=O)O)CCN2C. The fourth-order valence-corrected chi connectivity index (χ4v) is 2.29. The molecule has 1 unspecified atom stereocenters. The van der Waals surface area contributed by atoms with Crippen LogP contribution in [0.25, 0.3) is 0 Å². The molecular formula is C12H15NO2. The number of carboxylic acid groups (broad SMARTS) is 1. The smallest absolute Gasteiger partial charge is 0.311 e. The van der Waals surface area contributed by atoms with Gasteiger partial charge >= 0.3 is 5.97 Å². The molecule has 0 fully saturated rings. The molecular weight excluding hydrogens is 190 g/mol. The second-order valence-corrected chi connectivity index (χ2v) is 4.11. The Kier molecular flexibility index (Phi) is 2.39. The number of nitrogens with zero attached hydrogens (tertiary/aromatic N) is 1. The highest BCUT2D eigenvalue weighted by Crippen LogP contribution is 2.36.